The van der Waals surface area contributed by atoms with Crippen LogP contribution in [0.2, 0.25) is 0 Å². The molecule has 3 heterocycles. The summed E-state index contributed by atoms with van der Waals surface area (Å²) in [4.78, 5) is 25.5. The van der Waals surface area contributed by atoms with E-state index in [1.807, 2.05) is 49.1 Å². The first-order valence-electron chi connectivity index (χ1n) is 8.88. The zero-order valence-electron chi connectivity index (χ0n) is 15.4. The third-order valence-electron chi connectivity index (χ3n) is 4.75. The van der Waals surface area contributed by atoms with E-state index >= 15 is 0 Å². The van der Waals surface area contributed by atoms with E-state index in [4.69, 9.17) is 0 Å². The molecule has 134 valence electrons. The van der Waals surface area contributed by atoms with Crippen molar-refractivity contribution in [2.24, 2.45) is 7.05 Å². The van der Waals surface area contributed by atoms with Crippen LogP contribution < -0.4 is 0 Å². The van der Waals surface area contributed by atoms with Gasteiger partial charge in [0, 0.05) is 51.2 Å². The van der Waals surface area contributed by atoms with Crippen LogP contribution in [-0.2, 0) is 18.4 Å². The summed E-state index contributed by atoms with van der Waals surface area (Å²) < 4.78 is 2.10. The maximum Gasteiger partial charge on any atom is 0.236 e. The second-order valence-electron chi connectivity index (χ2n) is 7.06. The van der Waals surface area contributed by atoms with Gasteiger partial charge in [-0.05, 0) is 38.4 Å². The first-order valence-corrected chi connectivity index (χ1v) is 8.88. The lowest BCUT2D eigenvalue weighted by Gasteiger charge is -2.33. The van der Waals surface area contributed by atoms with E-state index in [1.165, 1.54) is 0 Å². The van der Waals surface area contributed by atoms with Crippen LogP contribution in [0.3, 0.4) is 0 Å². The summed E-state index contributed by atoms with van der Waals surface area (Å²) in [5.41, 5.74) is 2.16. The highest BCUT2D eigenvalue weighted by Gasteiger charge is 2.27. The summed E-state index contributed by atoms with van der Waals surface area (Å²) in [6, 6.07) is 3.96. The van der Waals surface area contributed by atoms with Gasteiger partial charge in [-0.25, -0.2) is 4.98 Å². The molecular formula is C19H27N5O. The van der Waals surface area contributed by atoms with Gasteiger partial charge in [-0.2, -0.15) is 0 Å². The van der Waals surface area contributed by atoms with Gasteiger partial charge in [0.25, 0.3) is 0 Å². The summed E-state index contributed by atoms with van der Waals surface area (Å²) in [5.74, 6) is 1.63. The topological polar surface area (TPSA) is 54.3 Å². The lowest BCUT2D eigenvalue weighted by atomic mass is 9.97. The molecule has 6 heteroatoms. The minimum Gasteiger partial charge on any atom is -0.341 e. The number of pyridine rings is 1. The summed E-state index contributed by atoms with van der Waals surface area (Å²) >= 11 is 0. The molecule has 1 atom stereocenters. The van der Waals surface area contributed by atoms with E-state index in [2.05, 4.69) is 20.7 Å². The Morgan fingerprint density at radius 3 is 2.96 bits per heavy atom. The number of hydrogen-bond donors (Lipinski definition) is 0. The summed E-state index contributed by atoms with van der Waals surface area (Å²) in [7, 11) is 4.02. The first kappa shape index (κ1) is 17.6. The van der Waals surface area contributed by atoms with Gasteiger partial charge in [-0.1, -0.05) is 6.07 Å². The van der Waals surface area contributed by atoms with Crippen LogP contribution in [0.1, 0.15) is 35.8 Å². The smallest absolute Gasteiger partial charge is 0.236 e. The van der Waals surface area contributed by atoms with Crippen molar-refractivity contribution >= 4 is 5.91 Å². The number of rotatable bonds is 5. The summed E-state index contributed by atoms with van der Waals surface area (Å²) in [5, 5.41) is 0. The third kappa shape index (κ3) is 4.45. The Morgan fingerprint density at radius 1 is 1.44 bits per heavy atom. The standard InChI is InChI=1S/C19H27N5O/c1-15-11-23(3)19(21-15)17-7-5-9-24(13-17)18(25)14-22(2)12-16-6-4-8-20-10-16/h4,6,8,10-11,17H,5,7,9,12-14H2,1-3H3/t17-/m1/s1. The number of nitrogens with zero attached hydrogens (tertiary/aromatic N) is 5. The number of aryl methyl sites for hydroxylation is 2. The van der Waals surface area contributed by atoms with Gasteiger partial charge >= 0.3 is 0 Å². The molecule has 0 bridgehead atoms. The molecule has 0 aliphatic carbocycles. The first-order chi connectivity index (χ1) is 12.0. The molecule has 3 rings (SSSR count). The van der Waals surface area contributed by atoms with Gasteiger partial charge in [0.2, 0.25) is 5.91 Å². The van der Waals surface area contributed by atoms with Gasteiger partial charge in [-0.15, -0.1) is 0 Å². The van der Waals surface area contributed by atoms with Crippen molar-refractivity contribution in [2.75, 3.05) is 26.7 Å². The largest absolute Gasteiger partial charge is 0.341 e. The molecule has 6 nitrogen and oxygen atoms in total. The van der Waals surface area contributed by atoms with Crippen molar-refractivity contribution in [1.82, 2.24) is 24.3 Å². The Morgan fingerprint density at radius 2 is 2.28 bits per heavy atom. The number of hydrogen-bond acceptors (Lipinski definition) is 4. The number of imidazole rings is 1. The maximum absolute atomic E-state index is 12.7. The number of carbonyl (C=O) groups is 1. The molecule has 0 unspecified atom stereocenters. The SMILES string of the molecule is Cc1cn(C)c([C@@H]2CCCN(C(=O)CN(C)Cc3cccnc3)C2)n1. The molecule has 2 aromatic heterocycles. The van der Waals surface area contributed by atoms with Crippen molar-refractivity contribution < 1.29 is 4.79 Å². The molecule has 1 amide bonds. The molecule has 0 saturated carbocycles. The van der Waals surface area contributed by atoms with Crippen molar-refractivity contribution in [2.45, 2.75) is 32.2 Å². The molecule has 25 heavy (non-hydrogen) atoms. The highest BCUT2D eigenvalue weighted by atomic mass is 16.2. The number of piperidine rings is 1. The van der Waals surface area contributed by atoms with Gasteiger partial charge in [-0.3, -0.25) is 14.7 Å². The quantitative estimate of drug-likeness (QED) is 0.834. The molecule has 0 spiro atoms. The number of carbonyl (C=O) groups excluding carboxylic acids is 1. The molecule has 1 saturated heterocycles. The molecule has 1 aliphatic rings. The van der Waals surface area contributed by atoms with E-state index in [9.17, 15) is 4.79 Å². The van der Waals surface area contributed by atoms with Crippen molar-refractivity contribution in [3.8, 4) is 0 Å². The average molecular weight is 341 g/mol. The van der Waals surface area contributed by atoms with Crippen LogP contribution in [0, 0.1) is 6.92 Å². The molecule has 0 radical (unpaired) electrons. The van der Waals surface area contributed by atoms with Crippen LogP contribution in [0.15, 0.2) is 30.7 Å². The number of amides is 1. The van der Waals surface area contributed by atoms with E-state index in [0.29, 0.717) is 12.5 Å². The Bertz CT molecular complexity index is 712. The highest BCUT2D eigenvalue weighted by Crippen LogP contribution is 2.26. The molecular weight excluding hydrogens is 314 g/mol. The minimum atomic E-state index is 0.196. The summed E-state index contributed by atoms with van der Waals surface area (Å²) in [6.07, 6.45) is 7.80. The summed E-state index contributed by atoms with van der Waals surface area (Å²) in [6.45, 7) is 4.79. The van der Waals surface area contributed by atoms with Crippen LogP contribution in [0.25, 0.3) is 0 Å². The van der Waals surface area contributed by atoms with Gasteiger partial charge in [0.15, 0.2) is 0 Å². The lowest BCUT2D eigenvalue weighted by Crippen LogP contribution is -2.44. The Balaban J connectivity index is 1.57. The molecule has 0 N–H and O–H groups in total. The fourth-order valence-corrected chi connectivity index (χ4v) is 3.62. The Hall–Kier alpha value is -2.21. The van der Waals surface area contributed by atoms with E-state index < -0.39 is 0 Å². The van der Waals surface area contributed by atoms with Gasteiger partial charge < -0.3 is 9.47 Å². The predicted molar refractivity (Wildman–Crippen MR) is 97.1 cm³/mol. The monoisotopic (exact) mass is 341 g/mol. The van der Waals surface area contributed by atoms with Crippen LogP contribution in [-0.4, -0.2) is 56.9 Å². The van der Waals surface area contributed by atoms with E-state index in [0.717, 1.165) is 49.6 Å². The normalized spacial score (nSPS) is 17.9. The Labute approximate surface area is 149 Å². The second kappa shape index (κ2) is 7.78. The average Bonchev–Trinajstić information content (AvgIpc) is 2.94. The maximum atomic E-state index is 12.7. The molecule has 1 fully saturated rings. The van der Waals surface area contributed by atoms with E-state index in [-0.39, 0.29) is 5.91 Å². The number of likely N-dealkylation sites (tertiary alicyclic amines) is 1. The van der Waals surface area contributed by atoms with E-state index in [1.54, 1.807) is 6.20 Å². The molecule has 1 aliphatic heterocycles. The second-order valence-corrected chi connectivity index (χ2v) is 7.06. The van der Waals surface area contributed by atoms with Crippen LogP contribution >= 0.6 is 0 Å². The van der Waals surface area contributed by atoms with Gasteiger partial charge in [0.05, 0.1) is 12.2 Å². The molecule has 2 aromatic rings. The Kier molecular flexibility index (Phi) is 5.48. The zero-order valence-corrected chi connectivity index (χ0v) is 15.4. The number of aromatic nitrogens is 3. The predicted octanol–water partition coefficient (Wildman–Crippen LogP) is 1.96. The highest BCUT2D eigenvalue weighted by molar-refractivity contribution is 5.78. The molecule has 0 aromatic carbocycles. The minimum absolute atomic E-state index is 0.196. The fraction of sp³-hybridized carbons (Fsp3) is 0.526. The van der Waals surface area contributed by atoms with Crippen LogP contribution in [0.5, 0.6) is 0 Å². The van der Waals surface area contributed by atoms with Gasteiger partial charge in [0.1, 0.15) is 5.82 Å². The van der Waals surface area contributed by atoms with Crippen LogP contribution in [0.4, 0.5) is 0 Å². The number of likely N-dealkylation sites (N-methyl/N-ethyl adjacent to an activating group) is 1. The lowest BCUT2D eigenvalue weighted by molar-refractivity contribution is -0.133. The van der Waals surface area contributed by atoms with Crippen molar-refractivity contribution in [3.63, 3.8) is 0 Å². The fourth-order valence-electron chi connectivity index (χ4n) is 3.62. The van der Waals surface area contributed by atoms with Crippen molar-refractivity contribution in [3.05, 3.63) is 47.8 Å². The van der Waals surface area contributed by atoms with Crippen molar-refractivity contribution in [1.29, 1.82) is 0 Å². The third-order valence-corrected chi connectivity index (χ3v) is 4.75. The zero-order chi connectivity index (χ0) is 17.8.